The van der Waals surface area contributed by atoms with Gasteiger partial charge >= 0.3 is 5.95 Å². The molecule has 1 saturated carbocycles. The Balaban J connectivity index is 1.66. The third-order valence-corrected chi connectivity index (χ3v) is 4.67. The summed E-state index contributed by atoms with van der Waals surface area (Å²) in [6.07, 6.45) is 5.20. The molecular weight excluding hydrogens is 302 g/mol. The Kier molecular flexibility index (Phi) is 2.69. The molecule has 1 aliphatic heterocycles. The molecule has 1 fully saturated rings. The van der Waals surface area contributed by atoms with E-state index < -0.39 is 0 Å². The van der Waals surface area contributed by atoms with Crippen molar-refractivity contribution >= 4 is 28.5 Å². The average molecular weight is 320 g/mol. The first-order valence-electron chi connectivity index (χ1n) is 8.12. The molecule has 2 aliphatic rings. The summed E-state index contributed by atoms with van der Waals surface area (Å²) in [6.45, 7) is 0. The number of para-hydroxylation sites is 1. The zero-order valence-corrected chi connectivity index (χ0v) is 13.1. The van der Waals surface area contributed by atoms with Gasteiger partial charge in [0, 0.05) is 5.92 Å². The van der Waals surface area contributed by atoms with E-state index in [-0.39, 0.29) is 0 Å². The Morgan fingerprint density at radius 2 is 2.04 bits per heavy atom. The molecule has 1 aliphatic carbocycles. The molecule has 1 aromatic carbocycles. The van der Waals surface area contributed by atoms with Crippen molar-refractivity contribution in [3.05, 3.63) is 47.4 Å². The Hall–Kier alpha value is -2.93. The van der Waals surface area contributed by atoms with E-state index in [1.807, 2.05) is 18.2 Å². The number of hydrogen-bond donors (Lipinski definition) is 3. The summed E-state index contributed by atoms with van der Waals surface area (Å²) in [7, 11) is 0. The van der Waals surface area contributed by atoms with Crippen LogP contribution in [0, 0.1) is 0 Å². The van der Waals surface area contributed by atoms with E-state index in [1.54, 1.807) is 5.01 Å². The van der Waals surface area contributed by atoms with Crippen molar-refractivity contribution in [3.8, 4) is 0 Å². The molecule has 7 nitrogen and oxygen atoms in total. The van der Waals surface area contributed by atoms with Crippen molar-refractivity contribution in [2.45, 2.75) is 25.2 Å². The number of imidazole rings is 1. The van der Waals surface area contributed by atoms with Crippen LogP contribution in [-0.4, -0.2) is 15.0 Å². The summed E-state index contributed by atoms with van der Waals surface area (Å²) in [4.78, 5) is 15.7. The van der Waals surface area contributed by atoms with Crippen molar-refractivity contribution in [3.63, 3.8) is 0 Å². The van der Waals surface area contributed by atoms with Gasteiger partial charge < -0.3 is 5.73 Å². The number of rotatable bonds is 2. The van der Waals surface area contributed by atoms with Crippen LogP contribution < -0.4 is 21.6 Å². The van der Waals surface area contributed by atoms with Crippen LogP contribution in [0.25, 0.3) is 16.9 Å². The van der Waals surface area contributed by atoms with Gasteiger partial charge in [-0.25, -0.2) is 15.8 Å². The standard InChI is InChI=1S/C17H17N7/c18-17-21-14-13(10-5-6-10)20-15(22-16(14)23-17)12-8-7-9-3-1-2-4-11(9)24(12)19/h1-4,8,10H,5-7,19H2,(H3,18,20,21,22,23)/p+1. The lowest BCUT2D eigenvalue weighted by molar-refractivity contribution is -0.329. The highest BCUT2D eigenvalue weighted by Crippen LogP contribution is 2.42. The smallest absolute Gasteiger partial charge is 0.310 e. The maximum Gasteiger partial charge on any atom is 0.310 e. The second-order valence-corrected chi connectivity index (χ2v) is 6.39. The molecule has 3 heterocycles. The number of H-pyrrole nitrogens is 2. The maximum absolute atomic E-state index is 6.36. The zero-order valence-electron chi connectivity index (χ0n) is 13.1. The molecule has 2 aromatic heterocycles. The molecular formula is C17H18N7+. The second kappa shape index (κ2) is 4.78. The molecule has 120 valence electrons. The van der Waals surface area contributed by atoms with E-state index >= 15 is 0 Å². The molecule has 0 saturated heterocycles. The number of hydrazine groups is 1. The molecule has 0 bridgehead atoms. The van der Waals surface area contributed by atoms with Crippen LogP contribution in [0.3, 0.4) is 0 Å². The molecule has 6 N–H and O–H groups in total. The summed E-state index contributed by atoms with van der Waals surface area (Å²) in [5.41, 5.74) is 11.5. The van der Waals surface area contributed by atoms with Gasteiger partial charge in [-0.2, -0.15) is 0 Å². The maximum atomic E-state index is 6.36. The number of fused-ring (bicyclic) bond motifs is 2. The first kappa shape index (κ1) is 13.5. The van der Waals surface area contributed by atoms with Crippen molar-refractivity contribution in [1.29, 1.82) is 0 Å². The molecule has 0 atom stereocenters. The van der Waals surface area contributed by atoms with Crippen LogP contribution in [0.4, 0.5) is 11.6 Å². The number of nitrogens with one attached hydrogen (secondary N) is 2. The molecule has 24 heavy (non-hydrogen) atoms. The Morgan fingerprint density at radius 3 is 2.88 bits per heavy atom. The van der Waals surface area contributed by atoms with Gasteiger partial charge in [-0.15, -0.1) is 4.98 Å². The van der Waals surface area contributed by atoms with Crippen molar-refractivity contribution < 1.29 is 4.98 Å². The number of nitrogens with zero attached hydrogens (tertiary/aromatic N) is 3. The van der Waals surface area contributed by atoms with Crippen molar-refractivity contribution in [2.24, 2.45) is 5.84 Å². The van der Waals surface area contributed by atoms with Crippen LogP contribution in [0.5, 0.6) is 0 Å². The van der Waals surface area contributed by atoms with E-state index in [1.165, 1.54) is 5.56 Å². The van der Waals surface area contributed by atoms with E-state index in [2.05, 4.69) is 27.1 Å². The lowest BCUT2D eigenvalue weighted by Gasteiger charge is -2.26. The van der Waals surface area contributed by atoms with Gasteiger partial charge in [-0.05, 0) is 37.0 Å². The van der Waals surface area contributed by atoms with Crippen molar-refractivity contribution in [2.75, 3.05) is 10.7 Å². The summed E-state index contributed by atoms with van der Waals surface area (Å²) >= 11 is 0. The number of anilines is 2. The highest BCUT2D eigenvalue weighted by molar-refractivity contribution is 5.82. The highest BCUT2D eigenvalue weighted by Gasteiger charge is 2.32. The fourth-order valence-electron chi connectivity index (χ4n) is 3.30. The van der Waals surface area contributed by atoms with Gasteiger partial charge in [-0.3, -0.25) is 9.99 Å². The normalized spacial score (nSPS) is 17.0. The summed E-state index contributed by atoms with van der Waals surface area (Å²) < 4.78 is 0. The zero-order chi connectivity index (χ0) is 16.3. The number of allylic oxidation sites excluding steroid dienone is 1. The molecule has 7 heteroatoms. The topological polar surface area (TPSA) is 111 Å². The molecule has 0 spiro atoms. The summed E-state index contributed by atoms with van der Waals surface area (Å²) in [5.74, 6) is 7.96. The van der Waals surface area contributed by atoms with Gasteiger partial charge in [0.15, 0.2) is 5.52 Å². The quantitative estimate of drug-likeness (QED) is 0.620. The third-order valence-electron chi connectivity index (χ3n) is 4.67. The fourth-order valence-corrected chi connectivity index (χ4v) is 3.30. The lowest BCUT2D eigenvalue weighted by Crippen LogP contribution is -2.33. The van der Waals surface area contributed by atoms with Crippen LogP contribution in [0.2, 0.25) is 0 Å². The minimum absolute atomic E-state index is 0.475. The summed E-state index contributed by atoms with van der Waals surface area (Å²) in [6, 6.07) is 8.12. The number of nitrogens with two attached hydrogens (primary N) is 2. The molecule has 0 unspecified atom stereocenters. The SMILES string of the molecule is Nc1[nH]c2c(C3CC3)nc(C3=CCc4ccccc4N3N)nc2[nH+]1. The Bertz CT molecular complexity index is 984. The van der Waals surface area contributed by atoms with Crippen LogP contribution in [0.1, 0.15) is 35.8 Å². The van der Waals surface area contributed by atoms with Gasteiger partial charge in [0.25, 0.3) is 5.65 Å². The largest absolute Gasteiger partial charge is 0.310 e. The van der Waals surface area contributed by atoms with Gasteiger partial charge in [0.2, 0.25) is 5.82 Å². The Morgan fingerprint density at radius 1 is 1.21 bits per heavy atom. The molecule has 0 amide bonds. The van der Waals surface area contributed by atoms with E-state index in [9.17, 15) is 0 Å². The third kappa shape index (κ3) is 1.98. The summed E-state index contributed by atoms with van der Waals surface area (Å²) in [5, 5.41) is 1.67. The first-order valence-corrected chi connectivity index (χ1v) is 8.12. The van der Waals surface area contributed by atoms with Crippen LogP contribution >= 0.6 is 0 Å². The number of benzene rings is 1. The number of aromatic nitrogens is 4. The van der Waals surface area contributed by atoms with Gasteiger partial charge in [-0.1, -0.05) is 18.2 Å². The predicted molar refractivity (Wildman–Crippen MR) is 91.6 cm³/mol. The lowest BCUT2D eigenvalue weighted by atomic mass is 10.0. The number of aromatic amines is 2. The van der Waals surface area contributed by atoms with E-state index in [0.29, 0.717) is 17.7 Å². The predicted octanol–water partition coefficient (Wildman–Crippen LogP) is 1.51. The number of hydrogen-bond acceptors (Lipinski definition) is 5. The van der Waals surface area contributed by atoms with Gasteiger partial charge in [0.1, 0.15) is 5.70 Å². The molecule has 0 radical (unpaired) electrons. The average Bonchev–Trinajstić information content (AvgIpc) is 3.36. The fraction of sp³-hybridized carbons (Fsp3) is 0.235. The molecule has 5 rings (SSSR count). The van der Waals surface area contributed by atoms with Crippen LogP contribution in [0.15, 0.2) is 30.3 Å². The first-order chi connectivity index (χ1) is 11.7. The van der Waals surface area contributed by atoms with Gasteiger partial charge in [0.05, 0.1) is 11.4 Å². The Labute approximate surface area is 138 Å². The van der Waals surface area contributed by atoms with Crippen LogP contribution in [-0.2, 0) is 6.42 Å². The molecule has 3 aromatic rings. The monoisotopic (exact) mass is 320 g/mol. The highest BCUT2D eigenvalue weighted by atomic mass is 15.4. The second-order valence-electron chi connectivity index (χ2n) is 6.39. The van der Waals surface area contributed by atoms with Crippen molar-refractivity contribution in [1.82, 2.24) is 15.0 Å². The van der Waals surface area contributed by atoms with E-state index in [0.717, 1.165) is 47.5 Å². The minimum atomic E-state index is 0.475. The minimum Gasteiger partial charge on any atom is -0.310 e. The number of nitrogen functional groups attached to an aromatic ring is 1. The van der Waals surface area contributed by atoms with E-state index in [4.69, 9.17) is 16.6 Å².